The average molecular weight is 304 g/mol. The Morgan fingerprint density at radius 2 is 1.73 bits per heavy atom. The SMILES string of the molecule is COc1cccc(C=C2C(=O)NC(=O)NC2=O)c1OC(C)C. The van der Waals surface area contributed by atoms with Gasteiger partial charge >= 0.3 is 6.03 Å². The summed E-state index contributed by atoms with van der Waals surface area (Å²) in [6.07, 6.45) is 1.24. The summed E-state index contributed by atoms with van der Waals surface area (Å²) in [5, 5.41) is 4.04. The van der Waals surface area contributed by atoms with E-state index in [0.717, 1.165) is 0 Å². The standard InChI is InChI=1S/C15H16N2O5/c1-8(2)22-12-9(5-4-6-11(12)21-3)7-10-13(18)16-15(20)17-14(10)19/h4-8H,1-3H3,(H2,16,17,18,19,20). The number of methoxy groups -OCH3 is 1. The van der Waals surface area contributed by atoms with Crippen LogP contribution in [-0.4, -0.2) is 31.1 Å². The van der Waals surface area contributed by atoms with Crippen molar-refractivity contribution in [2.75, 3.05) is 7.11 Å². The van der Waals surface area contributed by atoms with Crippen molar-refractivity contribution in [2.45, 2.75) is 20.0 Å². The lowest BCUT2D eigenvalue weighted by Crippen LogP contribution is -2.51. The molecule has 1 aromatic carbocycles. The van der Waals surface area contributed by atoms with Crippen molar-refractivity contribution in [2.24, 2.45) is 0 Å². The van der Waals surface area contributed by atoms with Crippen molar-refractivity contribution in [3.63, 3.8) is 0 Å². The van der Waals surface area contributed by atoms with Gasteiger partial charge in [0, 0.05) is 5.56 Å². The molecule has 1 aliphatic rings. The van der Waals surface area contributed by atoms with E-state index < -0.39 is 17.8 Å². The Hall–Kier alpha value is -2.83. The number of para-hydroxylation sites is 1. The van der Waals surface area contributed by atoms with Crippen LogP contribution in [0.15, 0.2) is 23.8 Å². The molecule has 0 atom stereocenters. The minimum atomic E-state index is -0.837. The summed E-state index contributed by atoms with van der Waals surface area (Å²) in [7, 11) is 1.50. The van der Waals surface area contributed by atoms with Crippen molar-refractivity contribution in [3.8, 4) is 11.5 Å². The molecule has 0 bridgehead atoms. The fourth-order valence-electron chi connectivity index (χ4n) is 1.93. The number of benzene rings is 1. The second kappa shape index (κ2) is 6.30. The lowest BCUT2D eigenvalue weighted by molar-refractivity contribution is -0.123. The van der Waals surface area contributed by atoms with Gasteiger partial charge in [0.25, 0.3) is 11.8 Å². The molecule has 2 N–H and O–H groups in total. The molecule has 1 aromatic rings. The second-order valence-corrected chi connectivity index (χ2v) is 4.84. The van der Waals surface area contributed by atoms with Crippen molar-refractivity contribution >= 4 is 23.9 Å². The molecule has 1 saturated heterocycles. The number of barbiturate groups is 1. The molecule has 0 saturated carbocycles. The molecule has 22 heavy (non-hydrogen) atoms. The summed E-state index contributed by atoms with van der Waals surface area (Å²) in [6, 6.07) is 4.27. The number of amides is 4. The maximum atomic E-state index is 11.8. The number of hydrogen-bond donors (Lipinski definition) is 2. The first-order valence-electron chi connectivity index (χ1n) is 6.64. The van der Waals surface area contributed by atoms with E-state index >= 15 is 0 Å². The number of imide groups is 2. The van der Waals surface area contributed by atoms with Crippen molar-refractivity contribution in [3.05, 3.63) is 29.3 Å². The van der Waals surface area contributed by atoms with Gasteiger partial charge in [-0.15, -0.1) is 0 Å². The largest absolute Gasteiger partial charge is 0.493 e. The third-order valence-corrected chi connectivity index (χ3v) is 2.83. The Labute approximate surface area is 127 Å². The summed E-state index contributed by atoms with van der Waals surface area (Å²) in [4.78, 5) is 34.6. The van der Waals surface area contributed by atoms with Crippen LogP contribution in [0.1, 0.15) is 19.4 Å². The highest BCUT2D eigenvalue weighted by molar-refractivity contribution is 6.31. The van der Waals surface area contributed by atoms with E-state index in [4.69, 9.17) is 9.47 Å². The van der Waals surface area contributed by atoms with Gasteiger partial charge in [0.2, 0.25) is 0 Å². The molecule has 0 unspecified atom stereocenters. The average Bonchev–Trinajstić information content (AvgIpc) is 2.43. The summed E-state index contributed by atoms with van der Waals surface area (Å²) in [5.41, 5.74) is 0.323. The minimum absolute atomic E-state index is 0.121. The van der Waals surface area contributed by atoms with Gasteiger partial charge in [0.05, 0.1) is 13.2 Å². The fourth-order valence-corrected chi connectivity index (χ4v) is 1.93. The summed E-state index contributed by atoms with van der Waals surface area (Å²) < 4.78 is 10.9. The maximum absolute atomic E-state index is 11.8. The van der Waals surface area contributed by atoms with Gasteiger partial charge in [-0.05, 0) is 26.0 Å². The summed E-state index contributed by atoms with van der Waals surface area (Å²) in [5.74, 6) is -0.611. The van der Waals surface area contributed by atoms with Crippen LogP contribution in [0, 0.1) is 0 Å². The Morgan fingerprint density at radius 1 is 1.09 bits per heavy atom. The fraction of sp³-hybridized carbons (Fsp3) is 0.267. The molecule has 0 aliphatic carbocycles. The number of nitrogens with one attached hydrogen (secondary N) is 2. The van der Waals surface area contributed by atoms with Crippen LogP contribution < -0.4 is 20.1 Å². The quantitative estimate of drug-likeness (QED) is 0.644. The normalized spacial score (nSPS) is 14.5. The zero-order chi connectivity index (χ0) is 16.3. The zero-order valence-corrected chi connectivity index (χ0v) is 12.4. The first-order chi connectivity index (χ1) is 10.4. The molecule has 7 heteroatoms. The molecule has 0 radical (unpaired) electrons. The van der Waals surface area contributed by atoms with Crippen LogP contribution >= 0.6 is 0 Å². The van der Waals surface area contributed by atoms with Gasteiger partial charge in [-0.2, -0.15) is 0 Å². The molecule has 4 amide bonds. The van der Waals surface area contributed by atoms with E-state index in [-0.39, 0.29) is 11.7 Å². The van der Waals surface area contributed by atoms with Gasteiger partial charge in [0.1, 0.15) is 5.57 Å². The molecule has 1 aliphatic heterocycles. The molecule has 1 fully saturated rings. The molecule has 0 spiro atoms. The lowest BCUT2D eigenvalue weighted by atomic mass is 10.1. The number of ether oxygens (including phenoxy) is 2. The smallest absolute Gasteiger partial charge is 0.328 e. The Bertz CT molecular complexity index is 642. The first kappa shape index (κ1) is 15.6. The molecule has 0 aromatic heterocycles. The van der Waals surface area contributed by atoms with E-state index in [1.165, 1.54) is 13.2 Å². The highest BCUT2D eigenvalue weighted by Gasteiger charge is 2.28. The first-order valence-corrected chi connectivity index (χ1v) is 6.64. The Morgan fingerprint density at radius 3 is 2.27 bits per heavy atom. The van der Waals surface area contributed by atoms with Crippen molar-refractivity contribution in [1.82, 2.24) is 10.6 Å². The lowest BCUT2D eigenvalue weighted by Gasteiger charge is -2.17. The number of hydrogen-bond acceptors (Lipinski definition) is 5. The van der Waals surface area contributed by atoms with Crippen LogP contribution in [0.25, 0.3) is 6.08 Å². The molecule has 7 nitrogen and oxygen atoms in total. The van der Waals surface area contributed by atoms with Gasteiger partial charge in [-0.25, -0.2) is 4.79 Å². The molecular formula is C15H16N2O5. The number of carbonyl (C=O) groups excluding carboxylic acids is 3. The van der Waals surface area contributed by atoms with Crippen LogP contribution in [0.3, 0.4) is 0 Å². The highest BCUT2D eigenvalue weighted by Crippen LogP contribution is 2.33. The minimum Gasteiger partial charge on any atom is -0.493 e. The van der Waals surface area contributed by atoms with E-state index in [1.807, 2.05) is 24.5 Å². The van der Waals surface area contributed by atoms with Gasteiger partial charge < -0.3 is 9.47 Å². The third kappa shape index (κ3) is 3.25. The molecule has 1 heterocycles. The maximum Gasteiger partial charge on any atom is 0.328 e. The van der Waals surface area contributed by atoms with Gasteiger partial charge in [-0.1, -0.05) is 12.1 Å². The van der Waals surface area contributed by atoms with Crippen LogP contribution in [0.2, 0.25) is 0 Å². The van der Waals surface area contributed by atoms with E-state index in [9.17, 15) is 14.4 Å². The van der Waals surface area contributed by atoms with Gasteiger partial charge in [-0.3, -0.25) is 20.2 Å². The number of rotatable bonds is 4. The Balaban J connectivity index is 2.48. The Kier molecular flexibility index (Phi) is 4.45. The van der Waals surface area contributed by atoms with Crippen LogP contribution in [0.5, 0.6) is 11.5 Å². The highest BCUT2D eigenvalue weighted by atomic mass is 16.5. The monoisotopic (exact) mass is 304 g/mol. The summed E-state index contributed by atoms with van der Waals surface area (Å²) in [6.45, 7) is 3.70. The van der Waals surface area contributed by atoms with E-state index in [1.54, 1.807) is 18.2 Å². The van der Waals surface area contributed by atoms with Crippen molar-refractivity contribution in [1.29, 1.82) is 0 Å². The topological polar surface area (TPSA) is 93.7 Å². The number of carbonyl (C=O) groups is 3. The van der Waals surface area contributed by atoms with E-state index in [2.05, 4.69) is 0 Å². The number of urea groups is 1. The molecule has 2 rings (SSSR count). The predicted octanol–water partition coefficient (Wildman–Crippen LogP) is 1.23. The second-order valence-electron chi connectivity index (χ2n) is 4.84. The van der Waals surface area contributed by atoms with Crippen molar-refractivity contribution < 1.29 is 23.9 Å². The molecule has 116 valence electrons. The molecular weight excluding hydrogens is 288 g/mol. The van der Waals surface area contributed by atoms with E-state index in [0.29, 0.717) is 17.1 Å². The summed E-state index contributed by atoms with van der Waals surface area (Å²) >= 11 is 0. The predicted molar refractivity (Wildman–Crippen MR) is 78.4 cm³/mol. The van der Waals surface area contributed by atoms with Crippen LogP contribution in [-0.2, 0) is 9.59 Å². The zero-order valence-electron chi connectivity index (χ0n) is 12.4. The van der Waals surface area contributed by atoms with Gasteiger partial charge in [0.15, 0.2) is 11.5 Å². The third-order valence-electron chi connectivity index (χ3n) is 2.83. The van der Waals surface area contributed by atoms with Crippen LogP contribution in [0.4, 0.5) is 4.79 Å².